The van der Waals surface area contributed by atoms with E-state index in [9.17, 15) is 5.11 Å². The standard InChI is InChI=1S/C12H16O2/c1-3-9-4-5-10-6-8(2)7-14-12(10)11(9)13/h4-5,8,13H,3,6-7H2,1-2H3. The molecular weight excluding hydrogens is 176 g/mol. The molecule has 0 saturated carbocycles. The summed E-state index contributed by atoms with van der Waals surface area (Å²) < 4.78 is 5.56. The van der Waals surface area contributed by atoms with Gasteiger partial charge in [0, 0.05) is 0 Å². The molecule has 0 aromatic heterocycles. The number of hydrogen-bond donors (Lipinski definition) is 1. The van der Waals surface area contributed by atoms with Crippen molar-refractivity contribution in [2.75, 3.05) is 6.61 Å². The van der Waals surface area contributed by atoms with Crippen molar-refractivity contribution in [3.8, 4) is 11.5 Å². The molecule has 0 radical (unpaired) electrons. The molecule has 0 saturated heterocycles. The van der Waals surface area contributed by atoms with Crippen LogP contribution in [-0.2, 0) is 12.8 Å². The van der Waals surface area contributed by atoms with Crippen LogP contribution in [0.4, 0.5) is 0 Å². The Morgan fingerprint density at radius 3 is 3.00 bits per heavy atom. The zero-order chi connectivity index (χ0) is 10.1. The maximum Gasteiger partial charge on any atom is 0.164 e. The second-order valence-corrected chi connectivity index (χ2v) is 4.04. The molecule has 2 nitrogen and oxygen atoms in total. The van der Waals surface area contributed by atoms with Crippen LogP contribution in [-0.4, -0.2) is 11.7 Å². The molecular formula is C12H16O2. The molecule has 2 rings (SSSR count). The van der Waals surface area contributed by atoms with Crippen LogP contribution in [0.25, 0.3) is 0 Å². The summed E-state index contributed by atoms with van der Waals surface area (Å²) in [4.78, 5) is 0. The quantitative estimate of drug-likeness (QED) is 0.740. The first kappa shape index (κ1) is 9.38. The van der Waals surface area contributed by atoms with E-state index in [4.69, 9.17) is 4.74 Å². The molecule has 0 amide bonds. The summed E-state index contributed by atoms with van der Waals surface area (Å²) >= 11 is 0. The molecule has 1 aliphatic rings. The summed E-state index contributed by atoms with van der Waals surface area (Å²) in [6.07, 6.45) is 1.85. The second-order valence-electron chi connectivity index (χ2n) is 4.04. The normalized spacial score (nSPS) is 20.0. The number of fused-ring (bicyclic) bond motifs is 1. The third kappa shape index (κ3) is 1.45. The second kappa shape index (κ2) is 3.52. The van der Waals surface area contributed by atoms with Gasteiger partial charge in [0.1, 0.15) is 0 Å². The van der Waals surface area contributed by atoms with Gasteiger partial charge in [-0.05, 0) is 29.9 Å². The van der Waals surface area contributed by atoms with E-state index >= 15 is 0 Å². The van der Waals surface area contributed by atoms with Gasteiger partial charge in [-0.2, -0.15) is 0 Å². The number of hydrogen-bond acceptors (Lipinski definition) is 2. The summed E-state index contributed by atoms with van der Waals surface area (Å²) in [5, 5.41) is 9.90. The SMILES string of the molecule is CCc1ccc2c(c1O)OCC(C)C2. The lowest BCUT2D eigenvalue weighted by molar-refractivity contribution is 0.223. The van der Waals surface area contributed by atoms with Crippen LogP contribution < -0.4 is 4.74 Å². The smallest absolute Gasteiger partial charge is 0.164 e. The Kier molecular flexibility index (Phi) is 2.36. The first-order chi connectivity index (χ1) is 6.72. The third-order valence-corrected chi connectivity index (χ3v) is 2.76. The molecule has 0 bridgehead atoms. The van der Waals surface area contributed by atoms with Gasteiger partial charge in [-0.25, -0.2) is 0 Å². The molecule has 0 fully saturated rings. The molecule has 1 aromatic carbocycles. The molecule has 76 valence electrons. The van der Waals surface area contributed by atoms with Gasteiger partial charge < -0.3 is 9.84 Å². The molecule has 1 heterocycles. The summed E-state index contributed by atoms with van der Waals surface area (Å²) in [5.41, 5.74) is 2.11. The van der Waals surface area contributed by atoms with E-state index in [1.807, 2.05) is 13.0 Å². The molecule has 1 aliphatic heterocycles. The Labute approximate surface area is 84.5 Å². The van der Waals surface area contributed by atoms with Crippen LogP contribution in [0.15, 0.2) is 12.1 Å². The fourth-order valence-electron chi connectivity index (χ4n) is 1.92. The topological polar surface area (TPSA) is 29.5 Å². The summed E-state index contributed by atoms with van der Waals surface area (Å²) in [7, 11) is 0. The van der Waals surface area contributed by atoms with Gasteiger partial charge in [0.2, 0.25) is 0 Å². The van der Waals surface area contributed by atoms with Gasteiger partial charge in [-0.15, -0.1) is 0 Å². The zero-order valence-corrected chi connectivity index (χ0v) is 8.71. The highest BCUT2D eigenvalue weighted by Gasteiger charge is 2.20. The first-order valence-corrected chi connectivity index (χ1v) is 5.19. The monoisotopic (exact) mass is 192 g/mol. The molecule has 1 unspecified atom stereocenters. The lowest BCUT2D eigenvalue weighted by Crippen LogP contribution is -2.18. The first-order valence-electron chi connectivity index (χ1n) is 5.19. The summed E-state index contributed by atoms with van der Waals surface area (Å²) in [5.74, 6) is 1.61. The van der Waals surface area contributed by atoms with Crippen molar-refractivity contribution in [1.82, 2.24) is 0 Å². The number of aromatic hydroxyl groups is 1. The van der Waals surface area contributed by atoms with Crippen LogP contribution in [0, 0.1) is 5.92 Å². The summed E-state index contributed by atoms with van der Waals surface area (Å²) in [6.45, 7) is 4.91. The number of phenolic OH excluding ortho intramolecular Hbond substituents is 1. The minimum atomic E-state index is 0.344. The Bertz CT molecular complexity index is 344. The average molecular weight is 192 g/mol. The molecule has 0 spiro atoms. The highest BCUT2D eigenvalue weighted by Crippen LogP contribution is 2.38. The fourth-order valence-corrected chi connectivity index (χ4v) is 1.92. The van der Waals surface area contributed by atoms with Crippen molar-refractivity contribution in [3.63, 3.8) is 0 Å². The van der Waals surface area contributed by atoms with E-state index < -0.39 is 0 Å². The minimum Gasteiger partial charge on any atom is -0.504 e. The van der Waals surface area contributed by atoms with Crippen LogP contribution in [0.5, 0.6) is 11.5 Å². The third-order valence-electron chi connectivity index (χ3n) is 2.76. The Morgan fingerprint density at radius 2 is 2.29 bits per heavy atom. The van der Waals surface area contributed by atoms with E-state index in [-0.39, 0.29) is 0 Å². The number of phenols is 1. The molecule has 0 aliphatic carbocycles. The van der Waals surface area contributed by atoms with Gasteiger partial charge in [-0.3, -0.25) is 0 Å². The number of benzene rings is 1. The van der Waals surface area contributed by atoms with Crippen LogP contribution in [0.3, 0.4) is 0 Å². The van der Waals surface area contributed by atoms with Gasteiger partial charge >= 0.3 is 0 Å². The Balaban J connectivity index is 2.43. The maximum atomic E-state index is 9.90. The van der Waals surface area contributed by atoms with Crippen molar-refractivity contribution >= 4 is 0 Å². The molecule has 14 heavy (non-hydrogen) atoms. The largest absolute Gasteiger partial charge is 0.504 e. The van der Waals surface area contributed by atoms with Gasteiger partial charge in [0.25, 0.3) is 0 Å². The van der Waals surface area contributed by atoms with E-state index in [1.165, 1.54) is 0 Å². The van der Waals surface area contributed by atoms with Crippen molar-refractivity contribution in [1.29, 1.82) is 0 Å². The van der Waals surface area contributed by atoms with Crippen molar-refractivity contribution < 1.29 is 9.84 Å². The van der Waals surface area contributed by atoms with Crippen molar-refractivity contribution in [2.45, 2.75) is 26.7 Å². The van der Waals surface area contributed by atoms with Crippen LogP contribution in [0.1, 0.15) is 25.0 Å². The lowest BCUT2D eigenvalue weighted by atomic mass is 9.96. The van der Waals surface area contributed by atoms with Crippen molar-refractivity contribution in [2.24, 2.45) is 5.92 Å². The Hall–Kier alpha value is -1.18. The predicted molar refractivity (Wildman–Crippen MR) is 55.8 cm³/mol. The van der Waals surface area contributed by atoms with Crippen LogP contribution >= 0.6 is 0 Å². The summed E-state index contributed by atoms with van der Waals surface area (Å²) in [6, 6.07) is 4.07. The van der Waals surface area contributed by atoms with Gasteiger partial charge in [-0.1, -0.05) is 26.0 Å². The lowest BCUT2D eigenvalue weighted by Gasteiger charge is -2.24. The highest BCUT2D eigenvalue weighted by molar-refractivity contribution is 5.51. The fraction of sp³-hybridized carbons (Fsp3) is 0.500. The maximum absolute atomic E-state index is 9.90. The average Bonchev–Trinajstić information content (AvgIpc) is 2.18. The molecule has 2 heteroatoms. The van der Waals surface area contributed by atoms with Gasteiger partial charge in [0.15, 0.2) is 11.5 Å². The number of ether oxygens (including phenoxy) is 1. The molecule has 1 N–H and O–H groups in total. The number of aryl methyl sites for hydroxylation is 1. The van der Waals surface area contributed by atoms with E-state index in [0.29, 0.717) is 24.0 Å². The van der Waals surface area contributed by atoms with Crippen molar-refractivity contribution in [3.05, 3.63) is 23.3 Å². The minimum absolute atomic E-state index is 0.344. The molecule has 1 atom stereocenters. The van der Waals surface area contributed by atoms with E-state index in [2.05, 4.69) is 13.0 Å². The number of rotatable bonds is 1. The van der Waals surface area contributed by atoms with Gasteiger partial charge in [0.05, 0.1) is 6.61 Å². The Morgan fingerprint density at radius 1 is 1.50 bits per heavy atom. The van der Waals surface area contributed by atoms with Crippen LogP contribution in [0.2, 0.25) is 0 Å². The molecule has 1 aromatic rings. The zero-order valence-electron chi connectivity index (χ0n) is 8.71. The highest BCUT2D eigenvalue weighted by atomic mass is 16.5. The van der Waals surface area contributed by atoms with E-state index in [0.717, 1.165) is 24.0 Å². The van der Waals surface area contributed by atoms with E-state index in [1.54, 1.807) is 0 Å². The predicted octanol–water partition coefficient (Wildman–Crippen LogP) is 2.53.